The predicted molar refractivity (Wildman–Crippen MR) is 115 cm³/mol. The Labute approximate surface area is 172 Å². The third-order valence-corrected chi connectivity index (χ3v) is 4.55. The third-order valence-electron chi connectivity index (χ3n) is 4.55. The van der Waals surface area contributed by atoms with Gasteiger partial charge in [-0.1, -0.05) is 44.2 Å². The molecular formula is C24H28FN3O. The van der Waals surface area contributed by atoms with Crippen LogP contribution in [0.3, 0.4) is 0 Å². The highest BCUT2D eigenvalue weighted by molar-refractivity contribution is 5.48. The molecule has 2 aromatic carbocycles. The first kappa shape index (κ1) is 20.8. The van der Waals surface area contributed by atoms with Gasteiger partial charge in [0.05, 0.1) is 6.61 Å². The van der Waals surface area contributed by atoms with Gasteiger partial charge >= 0.3 is 0 Å². The summed E-state index contributed by atoms with van der Waals surface area (Å²) in [6.07, 6.45) is 1.77. The molecule has 1 heterocycles. The largest absolute Gasteiger partial charge is 0.493 e. The zero-order valence-corrected chi connectivity index (χ0v) is 17.0. The van der Waals surface area contributed by atoms with Crippen LogP contribution in [0.15, 0.2) is 66.9 Å². The number of aromatic nitrogens is 1. The standard InChI is InChI=1S/C24H28FN3O/c1-18(2)17-29-23-11-7-20(8-12-23)16-28(15-19-5-9-22(25)10-6-19)24-21(14-26)4-3-13-27-24/h3-13,18H,14-17,26H2,1-2H3. The van der Waals surface area contributed by atoms with Gasteiger partial charge in [0.1, 0.15) is 17.4 Å². The lowest BCUT2D eigenvalue weighted by atomic mass is 10.1. The van der Waals surface area contributed by atoms with Crippen LogP contribution in [0.5, 0.6) is 5.75 Å². The van der Waals surface area contributed by atoms with Crippen molar-refractivity contribution in [1.82, 2.24) is 4.98 Å². The quantitative estimate of drug-likeness (QED) is 0.561. The number of pyridine rings is 1. The fraction of sp³-hybridized carbons (Fsp3) is 0.292. The third kappa shape index (κ3) is 6.03. The zero-order valence-electron chi connectivity index (χ0n) is 17.0. The molecule has 4 nitrogen and oxygen atoms in total. The zero-order chi connectivity index (χ0) is 20.6. The summed E-state index contributed by atoms with van der Waals surface area (Å²) in [5.41, 5.74) is 9.07. The van der Waals surface area contributed by atoms with E-state index in [1.54, 1.807) is 18.3 Å². The Morgan fingerprint density at radius 2 is 1.59 bits per heavy atom. The molecule has 0 bridgehead atoms. The van der Waals surface area contributed by atoms with Crippen LogP contribution in [0.1, 0.15) is 30.5 Å². The Bertz CT molecular complexity index is 895. The van der Waals surface area contributed by atoms with Gasteiger partial charge in [0.25, 0.3) is 0 Å². The van der Waals surface area contributed by atoms with Gasteiger partial charge in [0, 0.05) is 31.4 Å². The topological polar surface area (TPSA) is 51.4 Å². The molecule has 3 rings (SSSR count). The van der Waals surface area contributed by atoms with Gasteiger partial charge in [-0.2, -0.15) is 0 Å². The van der Waals surface area contributed by atoms with Crippen LogP contribution in [0, 0.1) is 11.7 Å². The normalized spacial score (nSPS) is 10.9. The van der Waals surface area contributed by atoms with Crippen LogP contribution in [-0.2, 0) is 19.6 Å². The Balaban J connectivity index is 1.82. The van der Waals surface area contributed by atoms with Gasteiger partial charge in [0.2, 0.25) is 0 Å². The minimum Gasteiger partial charge on any atom is -0.493 e. The molecule has 0 amide bonds. The smallest absolute Gasteiger partial charge is 0.133 e. The van der Waals surface area contributed by atoms with Crippen molar-refractivity contribution in [2.45, 2.75) is 33.5 Å². The minimum absolute atomic E-state index is 0.238. The second-order valence-electron chi connectivity index (χ2n) is 7.52. The fourth-order valence-corrected chi connectivity index (χ4v) is 3.06. The highest BCUT2D eigenvalue weighted by atomic mass is 19.1. The first-order chi connectivity index (χ1) is 14.0. The molecule has 0 saturated carbocycles. The van der Waals surface area contributed by atoms with Crippen molar-refractivity contribution in [2.75, 3.05) is 11.5 Å². The average Bonchev–Trinajstić information content (AvgIpc) is 2.74. The van der Waals surface area contributed by atoms with Gasteiger partial charge in [-0.15, -0.1) is 0 Å². The summed E-state index contributed by atoms with van der Waals surface area (Å²) in [6.45, 7) is 6.63. The molecule has 5 heteroatoms. The van der Waals surface area contributed by atoms with E-state index < -0.39 is 0 Å². The van der Waals surface area contributed by atoms with Crippen LogP contribution in [0.4, 0.5) is 10.2 Å². The SMILES string of the molecule is CC(C)COc1ccc(CN(Cc2ccc(F)cc2)c2ncccc2CN)cc1. The maximum absolute atomic E-state index is 13.3. The Morgan fingerprint density at radius 1 is 0.966 bits per heavy atom. The van der Waals surface area contributed by atoms with E-state index in [9.17, 15) is 4.39 Å². The summed E-state index contributed by atoms with van der Waals surface area (Å²) in [4.78, 5) is 6.74. The van der Waals surface area contributed by atoms with Crippen molar-refractivity contribution in [1.29, 1.82) is 0 Å². The molecule has 0 radical (unpaired) electrons. The highest BCUT2D eigenvalue weighted by Gasteiger charge is 2.14. The van der Waals surface area contributed by atoms with E-state index in [-0.39, 0.29) is 5.82 Å². The monoisotopic (exact) mass is 393 g/mol. The van der Waals surface area contributed by atoms with Crippen molar-refractivity contribution < 1.29 is 9.13 Å². The van der Waals surface area contributed by atoms with E-state index in [1.165, 1.54) is 12.1 Å². The molecule has 0 fully saturated rings. The maximum Gasteiger partial charge on any atom is 0.133 e. The van der Waals surface area contributed by atoms with Crippen LogP contribution < -0.4 is 15.4 Å². The molecule has 29 heavy (non-hydrogen) atoms. The second kappa shape index (κ2) is 10.0. The lowest BCUT2D eigenvalue weighted by Crippen LogP contribution is -2.25. The number of rotatable bonds is 9. The Kier molecular flexibility index (Phi) is 7.19. The predicted octanol–water partition coefficient (Wildman–Crippen LogP) is 4.92. The van der Waals surface area contributed by atoms with Crippen molar-refractivity contribution in [3.63, 3.8) is 0 Å². The van der Waals surface area contributed by atoms with Crippen LogP contribution in [-0.4, -0.2) is 11.6 Å². The number of ether oxygens (including phenoxy) is 1. The van der Waals surface area contributed by atoms with Gasteiger partial charge in [-0.05, 0) is 47.4 Å². The number of benzene rings is 2. The summed E-state index contributed by atoms with van der Waals surface area (Å²) in [5, 5.41) is 0. The molecule has 1 aromatic heterocycles. The fourth-order valence-electron chi connectivity index (χ4n) is 3.06. The molecule has 0 aliphatic carbocycles. The molecular weight excluding hydrogens is 365 g/mol. The van der Waals surface area contributed by atoms with Crippen molar-refractivity contribution in [3.8, 4) is 5.75 Å². The summed E-state index contributed by atoms with van der Waals surface area (Å²) in [7, 11) is 0. The van der Waals surface area contributed by atoms with Gasteiger partial charge in [-0.25, -0.2) is 9.37 Å². The minimum atomic E-state index is -0.238. The van der Waals surface area contributed by atoms with Gasteiger partial charge < -0.3 is 15.4 Å². The van der Waals surface area contributed by atoms with Crippen LogP contribution in [0.25, 0.3) is 0 Å². The van der Waals surface area contributed by atoms with Crippen molar-refractivity contribution in [2.24, 2.45) is 11.7 Å². The summed E-state index contributed by atoms with van der Waals surface area (Å²) in [5.74, 6) is 1.96. The van der Waals surface area contributed by atoms with E-state index in [0.29, 0.717) is 32.2 Å². The van der Waals surface area contributed by atoms with E-state index in [1.807, 2.05) is 24.3 Å². The summed E-state index contributed by atoms with van der Waals surface area (Å²) < 4.78 is 19.1. The van der Waals surface area contributed by atoms with Gasteiger partial charge in [-0.3, -0.25) is 0 Å². The molecule has 3 aromatic rings. The summed E-state index contributed by atoms with van der Waals surface area (Å²) in [6, 6.07) is 18.6. The van der Waals surface area contributed by atoms with Crippen molar-refractivity contribution in [3.05, 3.63) is 89.4 Å². The molecule has 2 N–H and O–H groups in total. The van der Waals surface area contributed by atoms with E-state index in [4.69, 9.17) is 10.5 Å². The van der Waals surface area contributed by atoms with Crippen LogP contribution >= 0.6 is 0 Å². The number of nitrogens with two attached hydrogens (primary N) is 1. The number of nitrogens with zero attached hydrogens (tertiary/aromatic N) is 2. The molecule has 152 valence electrons. The van der Waals surface area contributed by atoms with E-state index in [0.717, 1.165) is 28.3 Å². The van der Waals surface area contributed by atoms with Crippen molar-refractivity contribution >= 4 is 5.82 Å². The lowest BCUT2D eigenvalue weighted by molar-refractivity contribution is 0.271. The highest BCUT2D eigenvalue weighted by Crippen LogP contribution is 2.23. The first-order valence-electron chi connectivity index (χ1n) is 9.90. The Hall–Kier alpha value is -2.92. The number of hydrogen-bond donors (Lipinski definition) is 1. The number of anilines is 1. The molecule has 0 aliphatic heterocycles. The summed E-state index contributed by atoms with van der Waals surface area (Å²) >= 11 is 0. The number of halogens is 1. The molecule has 0 saturated heterocycles. The van der Waals surface area contributed by atoms with E-state index >= 15 is 0 Å². The van der Waals surface area contributed by atoms with Gasteiger partial charge in [0.15, 0.2) is 0 Å². The second-order valence-corrected chi connectivity index (χ2v) is 7.52. The molecule has 0 atom stereocenters. The first-order valence-corrected chi connectivity index (χ1v) is 9.90. The lowest BCUT2D eigenvalue weighted by Gasteiger charge is -2.26. The van der Waals surface area contributed by atoms with E-state index in [2.05, 4.69) is 35.9 Å². The average molecular weight is 394 g/mol. The van der Waals surface area contributed by atoms with Crippen LogP contribution in [0.2, 0.25) is 0 Å². The molecule has 0 spiro atoms. The molecule has 0 aliphatic rings. The Morgan fingerprint density at radius 3 is 2.17 bits per heavy atom. The molecule has 0 unspecified atom stereocenters. The maximum atomic E-state index is 13.3. The number of hydrogen-bond acceptors (Lipinski definition) is 4.